The number of H-pyrrole nitrogens is 1. The van der Waals surface area contributed by atoms with Crippen molar-refractivity contribution in [3.05, 3.63) is 71.9 Å². The fraction of sp³-hybridized carbons (Fsp3) is 0.200. The second-order valence-electron chi connectivity index (χ2n) is 5.77. The Morgan fingerprint density at radius 1 is 1.08 bits per heavy atom. The van der Waals surface area contributed by atoms with Gasteiger partial charge in [-0.15, -0.1) is 0 Å². The number of rotatable bonds is 7. The quantitative estimate of drug-likeness (QED) is 0.701. The summed E-state index contributed by atoms with van der Waals surface area (Å²) in [5, 5.41) is 3.63. The molecule has 0 bridgehead atoms. The van der Waals surface area contributed by atoms with E-state index >= 15 is 0 Å². The van der Waals surface area contributed by atoms with E-state index < -0.39 is 6.04 Å². The van der Waals surface area contributed by atoms with Crippen molar-refractivity contribution in [3.8, 4) is 0 Å². The summed E-state index contributed by atoms with van der Waals surface area (Å²) in [5.41, 5.74) is 2.70. The van der Waals surface area contributed by atoms with Crippen LogP contribution in [-0.2, 0) is 11.2 Å². The van der Waals surface area contributed by atoms with Crippen LogP contribution in [0.25, 0.3) is 10.9 Å². The summed E-state index contributed by atoms with van der Waals surface area (Å²) in [6.45, 7) is 0. The third-order valence-corrected chi connectivity index (χ3v) is 4.09. The van der Waals surface area contributed by atoms with Crippen molar-refractivity contribution in [1.82, 2.24) is 10.3 Å². The minimum atomic E-state index is -0.588. The zero-order valence-corrected chi connectivity index (χ0v) is 13.3. The number of hydrogen-bond donors (Lipinski definition) is 2. The average Bonchev–Trinajstić information content (AvgIpc) is 3.10. The molecule has 2 aromatic carbocycles. The second kappa shape index (κ2) is 7.59. The van der Waals surface area contributed by atoms with Gasteiger partial charge in [0.2, 0.25) is 6.29 Å². The van der Waals surface area contributed by atoms with Crippen LogP contribution in [0, 0.1) is 0 Å². The zero-order valence-electron chi connectivity index (χ0n) is 13.3. The SMILES string of the molecule is O=[C][C@@H](CCCc1ccccc1)NC(=O)c1cccc2[nH]ccc12. The summed E-state index contributed by atoms with van der Waals surface area (Å²) in [7, 11) is 0. The normalized spacial score (nSPS) is 12.0. The van der Waals surface area contributed by atoms with Crippen molar-refractivity contribution in [2.45, 2.75) is 25.3 Å². The molecule has 0 fully saturated rings. The smallest absolute Gasteiger partial charge is 0.252 e. The number of carbonyl (C=O) groups is 1. The predicted molar refractivity (Wildman–Crippen MR) is 94.6 cm³/mol. The van der Waals surface area contributed by atoms with Gasteiger partial charge in [0.25, 0.3) is 5.91 Å². The predicted octanol–water partition coefficient (Wildman–Crippen LogP) is 3.40. The van der Waals surface area contributed by atoms with Crippen molar-refractivity contribution < 1.29 is 9.59 Å². The van der Waals surface area contributed by atoms with Crippen LogP contribution in [0.2, 0.25) is 0 Å². The largest absolute Gasteiger partial charge is 0.361 e. The van der Waals surface area contributed by atoms with Gasteiger partial charge in [-0.3, -0.25) is 9.59 Å². The highest BCUT2D eigenvalue weighted by atomic mass is 16.2. The van der Waals surface area contributed by atoms with Gasteiger partial charge in [0.05, 0.1) is 6.04 Å². The molecule has 24 heavy (non-hydrogen) atoms. The monoisotopic (exact) mass is 319 g/mol. The van der Waals surface area contributed by atoms with Crippen LogP contribution in [0.4, 0.5) is 0 Å². The molecule has 0 aliphatic carbocycles. The van der Waals surface area contributed by atoms with Crippen molar-refractivity contribution in [2.75, 3.05) is 0 Å². The zero-order chi connectivity index (χ0) is 16.8. The minimum Gasteiger partial charge on any atom is -0.361 e. The van der Waals surface area contributed by atoms with Gasteiger partial charge in [-0.25, -0.2) is 0 Å². The molecule has 1 aromatic heterocycles. The number of aryl methyl sites for hydroxylation is 1. The summed E-state index contributed by atoms with van der Waals surface area (Å²) in [6.07, 6.45) is 6.01. The number of fused-ring (bicyclic) bond motifs is 1. The van der Waals surface area contributed by atoms with Crippen LogP contribution in [0.3, 0.4) is 0 Å². The molecule has 1 heterocycles. The van der Waals surface area contributed by atoms with E-state index in [0.717, 1.165) is 23.7 Å². The summed E-state index contributed by atoms with van der Waals surface area (Å²) < 4.78 is 0. The first-order chi connectivity index (χ1) is 11.8. The Kier molecular flexibility index (Phi) is 5.06. The highest BCUT2D eigenvalue weighted by Gasteiger charge is 2.16. The fourth-order valence-corrected chi connectivity index (χ4v) is 2.83. The van der Waals surface area contributed by atoms with E-state index in [1.807, 2.05) is 42.7 Å². The highest BCUT2D eigenvalue weighted by Crippen LogP contribution is 2.17. The molecule has 1 radical (unpaired) electrons. The number of hydrogen-bond acceptors (Lipinski definition) is 2. The molecule has 0 spiro atoms. The van der Waals surface area contributed by atoms with Gasteiger partial charge in [0.15, 0.2) is 0 Å². The molecule has 4 heteroatoms. The summed E-state index contributed by atoms with van der Waals surface area (Å²) in [6, 6.07) is 16.9. The van der Waals surface area contributed by atoms with Crippen molar-refractivity contribution in [1.29, 1.82) is 0 Å². The molecule has 3 aromatic rings. The van der Waals surface area contributed by atoms with Gasteiger partial charge in [-0.2, -0.15) is 0 Å². The van der Waals surface area contributed by atoms with Crippen LogP contribution in [-0.4, -0.2) is 23.2 Å². The Hall–Kier alpha value is -2.88. The number of benzene rings is 2. The van der Waals surface area contributed by atoms with Gasteiger partial charge in [-0.1, -0.05) is 36.4 Å². The molecule has 1 amide bonds. The molecule has 1 atom stereocenters. The van der Waals surface area contributed by atoms with Crippen LogP contribution in [0.1, 0.15) is 28.8 Å². The van der Waals surface area contributed by atoms with Gasteiger partial charge >= 0.3 is 0 Å². The topological polar surface area (TPSA) is 62.0 Å². The molecule has 0 saturated heterocycles. The molecular weight excluding hydrogens is 300 g/mol. The summed E-state index contributed by atoms with van der Waals surface area (Å²) >= 11 is 0. The average molecular weight is 319 g/mol. The molecule has 4 nitrogen and oxygen atoms in total. The first kappa shape index (κ1) is 16.0. The fourth-order valence-electron chi connectivity index (χ4n) is 2.83. The van der Waals surface area contributed by atoms with Crippen LogP contribution in [0.5, 0.6) is 0 Å². The van der Waals surface area contributed by atoms with Gasteiger partial charge in [0.1, 0.15) is 0 Å². The molecule has 3 rings (SSSR count). The molecule has 2 N–H and O–H groups in total. The van der Waals surface area contributed by atoms with E-state index in [4.69, 9.17) is 0 Å². The summed E-state index contributed by atoms with van der Waals surface area (Å²) in [5.74, 6) is -0.242. The first-order valence-corrected chi connectivity index (χ1v) is 8.06. The highest BCUT2D eigenvalue weighted by molar-refractivity contribution is 6.07. The lowest BCUT2D eigenvalue weighted by Gasteiger charge is -2.12. The van der Waals surface area contributed by atoms with Crippen LogP contribution in [0.15, 0.2) is 60.8 Å². The third kappa shape index (κ3) is 3.71. The van der Waals surface area contributed by atoms with E-state index in [9.17, 15) is 9.59 Å². The molecular formula is C20H19N2O2. The van der Waals surface area contributed by atoms with E-state index in [2.05, 4.69) is 22.4 Å². The number of aromatic amines is 1. The van der Waals surface area contributed by atoms with Crippen molar-refractivity contribution in [2.24, 2.45) is 0 Å². The van der Waals surface area contributed by atoms with Crippen LogP contribution >= 0.6 is 0 Å². The van der Waals surface area contributed by atoms with Gasteiger partial charge < -0.3 is 10.3 Å². The summed E-state index contributed by atoms with van der Waals surface area (Å²) in [4.78, 5) is 26.7. The number of carbonyl (C=O) groups excluding carboxylic acids is 2. The number of amides is 1. The number of aromatic nitrogens is 1. The van der Waals surface area contributed by atoms with E-state index in [0.29, 0.717) is 12.0 Å². The maximum absolute atomic E-state index is 12.5. The standard InChI is InChI=1S/C20H19N2O2/c23-14-16(9-4-8-15-6-2-1-3-7-15)22-20(24)18-10-5-11-19-17(18)12-13-21-19/h1-3,5-7,10-13,16,21H,4,8-9H2,(H,22,24)/t16-/m1/s1. The molecule has 0 aliphatic rings. The number of nitrogens with one attached hydrogen (secondary N) is 2. The lowest BCUT2D eigenvalue weighted by atomic mass is 10.0. The molecule has 0 unspecified atom stereocenters. The molecule has 121 valence electrons. The Morgan fingerprint density at radius 2 is 1.92 bits per heavy atom. The maximum atomic E-state index is 12.5. The van der Waals surface area contributed by atoms with E-state index in [-0.39, 0.29) is 5.91 Å². The van der Waals surface area contributed by atoms with E-state index in [1.165, 1.54) is 5.56 Å². The maximum Gasteiger partial charge on any atom is 0.252 e. The minimum absolute atomic E-state index is 0.242. The lowest BCUT2D eigenvalue weighted by molar-refractivity contribution is 0.0946. The van der Waals surface area contributed by atoms with Gasteiger partial charge in [0, 0.05) is 22.7 Å². The van der Waals surface area contributed by atoms with Crippen LogP contribution < -0.4 is 5.32 Å². The Bertz CT molecular complexity index is 824. The Balaban J connectivity index is 1.59. The lowest BCUT2D eigenvalue weighted by Crippen LogP contribution is -2.36. The third-order valence-electron chi connectivity index (χ3n) is 4.09. The van der Waals surface area contributed by atoms with Crippen molar-refractivity contribution >= 4 is 23.1 Å². The van der Waals surface area contributed by atoms with Crippen molar-refractivity contribution in [3.63, 3.8) is 0 Å². The Morgan fingerprint density at radius 3 is 2.71 bits per heavy atom. The molecule has 0 aliphatic heterocycles. The molecule has 0 saturated carbocycles. The second-order valence-corrected chi connectivity index (χ2v) is 5.77. The first-order valence-electron chi connectivity index (χ1n) is 8.06. The Labute approximate surface area is 140 Å². The van der Waals surface area contributed by atoms with E-state index in [1.54, 1.807) is 12.3 Å². The van der Waals surface area contributed by atoms with Gasteiger partial charge in [-0.05, 0) is 43.0 Å².